The molecule has 1 aromatic carbocycles. The van der Waals surface area contributed by atoms with Gasteiger partial charge in [-0.15, -0.1) is 0 Å². The molecule has 0 saturated carbocycles. The summed E-state index contributed by atoms with van der Waals surface area (Å²) < 4.78 is 25.4. The molecule has 1 amide bonds. The lowest BCUT2D eigenvalue weighted by atomic mass is 9.78. The van der Waals surface area contributed by atoms with Gasteiger partial charge >= 0.3 is 0 Å². The Bertz CT molecular complexity index is 965. The second-order valence-electron chi connectivity index (χ2n) is 9.82. The molecule has 0 N–H and O–H groups in total. The molecule has 4 heterocycles. The van der Waals surface area contributed by atoms with Gasteiger partial charge in [0.2, 0.25) is 11.9 Å². The molecule has 7 nitrogen and oxygen atoms in total. The number of amides is 1. The molecular weight excluding hydrogens is 423 g/mol. The highest BCUT2D eigenvalue weighted by atomic mass is 19.1. The molecule has 0 bridgehead atoms. The lowest BCUT2D eigenvalue weighted by Gasteiger charge is -2.45. The summed E-state index contributed by atoms with van der Waals surface area (Å²) in [5, 5.41) is 0. The van der Waals surface area contributed by atoms with E-state index >= 15 is 0 Å². The Labute approximate surface area is 193 Å². The first-order valence-corrected chi connectivity index (χ1v) is 11.8. The fourth-order valence-electron chi connectivity index (χ4n) is 5.39. The summed E-state index contributed by atoms with van der Waals surface area (Å²) in [4.78, 5) is 26.5. The van der Waals surface area contributed by atoms with Crippen LogP contribution in [-0.4, -0.2) is 65.3 Å². The van der Waals surface area contributed by atoms with E-state index in [-0.39, 0.29) is 28.8 Å². The van der Waals surface area contributed by atoms with E-state index in [1.165, 1.54) is 12.1 Å². The topological polar surface area (TPSA) is 67.8 Å². The van der Waals surface area contributed by atoms with E-state index in [1.54, 1.807) is 24.5 Å². The molecule has 3 fully saturated rings. The number of anilines is 1. The highest BCUT2D eigenvalue weighted by molar-refractivity contribution is 5.83. The van der Waals surface area contributed by atoms with E-state index in [4.69, 9.17) is 9.47 Å². The molecule has 3 saturated heterocycles. The molecule has 2 aromatic rings. The summed E-state index contributed by atoms with van der Waals surface area (Å²) in [6.07, 6.45) is 7.58. The Hall–Kier alpha value is -2.74. The fourth-order valence-corrected chi connectivity index (χ4v) is 5.39. The zero-order chi connectivity index (χ0) is 22.9. The van der Waals surface area contributed by atoms with Crippen LogP contribution in [0.1, 0.15) is 39.0 Å². The number of halogens is 1. The molecule has 3 aliphatic rings. The number of benzene rings is 1. The van der Waals surface area contributed by atoms with Gasteiger partial charge in [-0.1, -0.05) is 6.92 Å². The van der Waals surface area contributed by atoms with E-state index in [1.807, 2.05) is 11.0 Å². The van der Waals surface area contributed by atoms with Gasteiger partial charge in [0.15, 0.2) is 0 Å². The maximum absolute atomic E-state index is 13.6. The monoisotopic (exact) mass is 454 g/mol. The molecule has 2 atom stereocenters. The van der Waals surface area contributed by atoms with Gasteiger partial charge in [-0.25, -0.2) is 14.4 Å². The number of hydrogen-bond acceptors (Lipinski definition) is 6. The van der Waals surface area contributed by atoms with Gasteiger partial charge in [0.1, 0.15) is 17.7 Å². The minimum atomic E-state index is -0.383. The van der Waals surface area contributed by atoms with Crippen molar-refractivity contribution in [2.45, 2.75) is 50.7 Å². The summed E-state index contributed by atoms with van der Waals surface area (Å²) in [5.74, 6) is 1.32. The molecule has 5 rings (SSSR count). The van der Waals surface area contributed by atoms with Crippen molar-refractivity contribution in [2.24, 2.45) is 5.41 Å². The van der Waals surface area contributed by atoms with Gasteiger partial charge in [0, 0.05) is 50.4 Å². The average molecular weight is 455 g/mol. The largest absolute Gasteiger partial charge is 0.488 e. The first-order chi connectivity index (χ1) is 15.9. The molecule has 0 radical (unpaired) electrons. The second kappa shape index (κ2) is 8.89. The Morgan fingerprint density at radius 2 is 1.85 bits per heavy atom. The van der Waals surface area contributed by atoms with Crippen molar-refractivity contribution in [3.05, 3.63) is 48.5 Å². The Morgan fingerprint density at radius 1 is 1.12 bits per heavy atom. The maximum Gasteiger partial charge on any atom is 0.228 e. The lowest BCUT2D eigenvalue weighted by Crippen LogP contribution is -2.55. The van der Waals surface area contributed by atoms with Gasteiger partial charge in [-0.05, 0) is 56.0 Å². The van der Waals surface area contributed by atoms with Crippen molar-refractivity contribution < 1.29 is 18.7 Å². The zero-order valence-corrected chi connectivity index (χ0v) is 19.1. The van der Waals surface area contributed by atoms with Gasteiger partial charge in [-0.2, -0.15) is 0 Å². The van der Waals surface area contributed by atoms with Crippen LogP contribution in [0.15, 0.2) is 42.7 Å². The van der Waals surface area contributed by atoms with Crippen LogP contribution in [0.4, 0.5) is 10.3 Å². The molecular formula is C25H31FN4O3. The first-order valence-electron chi connectivity index (χ1n) is 11.8. The van der Waals surface area contributed by atoms with Crippen LogP contribution in [0.25, 0.3) is 0 Å². The minimum Gasteiger partial charge on any atom is -0.488 e. The predicted octanol–water partition coefficient (Wildman–Crippen LogP) is 3.45. The predicted molar refractivity (Wildman–Crippen MR) is 122 cm³/mol. The van der Waals surface area contributed by atoms with Crippen LogP contribution >= 0.6 is 0 Å². The first kappa shape index (κ1) is 22.1. The van der Waals surface area contributed by atoms with E-state index in [0.717, 1.165) is 57.7 Å². The number of ether oxygens (including phenoxy) is 2. The van der Waals surface area contributed by atoms with Crippen molar-refractivity contribution in [2.75, 3.05) is 37.7 Å². The van der Waals surface area contributed by atoms with Crippen LogP contribution in [0, 0.1) is 11.2 Å². The standard InChI is InChI=1S/C25H31FN4O3/c1-24(9-14-29(15-10-24)23-27-11-3-12-28-23)22(31)30-13-2-8-25(18-30)16-21(17-32-25)33-20-6-4-19(26)5-7-20/h3-7,11-12,21H,2,8-10,13-18H2,1H3/t21-,25+/m1/s1. The van der Waals surface area contributed by atoms with Gasteiger partial charge in [0.05, 0.1) is 12.2 Å². The number of aromatic nitrogens is 2. The van der Waals surface area contributed by atoms with Crippen molar-refractivity contribution in [1.29, 1.82) is 0 Å². The van der Waals surface area contributed by atoms with Gasteiger partial charge in [-0.3, -0.25) is 4.79 Å². The van der Waals surface area contributed by atoms with E-state index in [9.17, 15) is 9.18 Å². The highest BCUT2D eigenvalue weighted by Crippen LogP contribution is 2.40. The number of carbonyl (C=O) groups is 1. The molecule has 176 valence electrons. The summed E-state index contributed by atoms with van der Waals surface area (Å²) in [5.41, 5.74) is -0.736. The number of hydrogen-bond donors (Lipinski definition) is 0. The fraction of sp³-hybridized carbons (Fsp3) is 0.560. The van der Waals surface area contributed by atoms with Crippen molar-refractivity contribution in [1.82, 2.24) is 14.9 Å². The quantitative estimate of drug-likeness (QED) is 0.705. The summed E-state index contributed by atoms with van der Waals surface area (Å²) in [6, 6.07) is 7.90. The van der Waals surface area contributed by atoms with E-state index < -0.39 is 0 Å². The van der Waals surface area contributed by atoms with Crippen LogP contribution in [0.3, 0.4) is 0 Å². The van der Waals surface area contributed by atoms with Crippen molar-refractivity contribution >= 4 is 11.9 Å². The molecule has 1 aromatic heterocycles. The van der Waals surface area contributed by atoms with Crippen molar-refractivity contribution in [3.8, 4) is 5.75 Å². The lowest BCUT2D eigenvalue weighted by molar-refractivity contribution is -0.150. The van der Waals surface area contributed by atoms with Crippen molar-refractivity contribution in [3.63, 3.8) is 0 Å². The molecule has 3 aliphatic heterocycles. The summed E-state index contributed by atoms with van der Waals surface area (Å²) in [6.45, 7) is 5.51. The van der Waals surface area contributed by atoms with Crippen LogP contribution in [0.5, 0.6) is 5.75 Å². The molecule has 33 heavy (non-hydrogen) atoms. The molecule has 1 spiro atoms. The number of carbonyl (C=O) groups excluding carboxylic acids is 1. The Morgan fingerprint density at radius 3 is 2.58 bits per heavy atom. The summed E-state index contributed by atoms with van der Waals surface area (Å²) >= 11 is 0. The number of rotatable bonds is 4. The normalized spacial score (nSPS) is 27.0. The average Bonchev–Trinajstić information content (AvgIpc) is 3.22. The number of likely N-dealkylation sites (tertiary alicyclic amines) is 1. The Kier molecular flexibility index (Phi) is 5.95. The maximum atomic E-state index is 13.6. The van der Waals surface area contributed by atoms with Gasteiger partial charge in [0.25, 0.3) is 0 Å². The van der Waals surface area contributed by atoms with E-state index in [0.29, 0.717) is 18.9 Å². The summed E-state index contributed by atoms with van der Waals surface area (Å²) in [7, 11) is 0. The smallest absolute Gasteiger partial charge is 0.228 e. The third-order valence-corrected chi connectivity index (χ3v) is 7.34. The van der Waals surface area contributed by atoms with Gasteiger partial charge < -0.3 is 19.3 Å². The third-order valence-electron chi connectivity index (χ3n) is 7.34. The van der Waals surface area contributed by atoms with Crippen LogP contribution in [-0.2, 0) is 9.53 Å². The number of nitrogens with zero attached hydrogens (tertiary/aromatic N) is 4. The van der Waals surface area contributed by atoms with Crippen LogP contribution in [0.2, 0.25) is 0 Å². The second-order valence-corrected chi connectivity index (χ2v) is 9.82. The molecule has 0 unspecified atom stereocenters. The highest BCUT2D eigenvalue weighted by Gasteiger charge is 2.48. The van der Waals surface area contributed by atoms with Crippen LogP contribution < -0.4 is 9.64 Å². The number of piperidine rings is 2. The Balaban J connectivity index is 1.19. The minimum absolute atomic E-state index is 0.0878. The third kappa shape index (κ3) is 4.67. The zero-order valence-electron chi connectivity index (χ0n) is 19.1. The SMILES string of the molecule is CC1(C(=O)N2CCC[C@]3(C[C@@H](Oc4ccc(F)cc4)CO3)C2)CCN(c2ncccn2)CC1. The van der Waals surface area contributed by atoms with E-state index in [2.05, 4.69) is 21.8 Å². The molecule has 8 heteroatoms. The molecule has 0 aliphatic carbocycles.